The summed E-state index contributed by atoms with van der Waals surface area (Å²) < 4.78 is 12.1. The van der Waals surface area contributed by atoms with Crippen molar-refractivity contribution in [3.8, 4) is 28.7 Å². The molecule has 2 aromatic carbocycles. The van der Waals surface area contributed by atoms with Crippen LogP contribution in [0.25, 0.3) is 11.1 Å². The van der Waals surface area contributed by atoms with Gasteiger partial charge in [0.15, 0.2) is 0 Å². The van der Waals surface area contributed by atoms with Gasteiger partial charge in [0.05, 0.1) is 6.07 Å². The Kier molecular flexibility index (Phi) is 14.9. The highest BCUT2D eigenvalue weighted by molar-refractivity contribution is 5.96. The van der Waals surface area contributed by atoms with Crippen molar-refractivity contribution in [1.82, 2.24) is 26.2 Å². The predicted octanol–water partition coefficient (Wildman–Crippen LogP) is -0.407. The molecule has 0 radical (unpaired) electrons. The second-order valence-electron chi connectivity index (χ2n) is 13.4. The Morgan fingerprint density at radius 3 is 2.15 bits per heavy atom. The van der Waals surface area contributed by atoms with Crippen LogP contribution < -0.4 is 47.9 Å². The number of nitrogens with zero attached hydrogens (tertiary/aromatic N) is 2. The number of fused-ring (bicyclic) bond motifs is 5. The summed E-state index contributed by atoms with van der Waals surface area (Å²) in [6.45, 7) is 7.12. The van der Waals surface area contributed by atoms with E-state index in [1.54, 1.807) is 57.2 Å². The average Bonchev–Trinajstić information content (AvgIpc) is 3.10. The third-order valence-electron chi connectivity index (χ3n) is 8.29. The maximum atomic E-state index is 14.3. The number of carbonyl (C=O) groups is 5. The number of nitrogens with two attached hydrogens (primary N) is 3. The number of rotatable bonds is 13. The first-order valence-electron chi connectivity index (χ1n) is 17.1. The molecule has 0 spiro atoms. The first-order chi connectivity index (χ1) is 24.7. The van der Waals surface area contributed by atoms with Gasteiger partial charge in [-0.2, -0.15) is 5.26 Å². The Morgan fingerprint density at radius 2 is 1.58 bits per heavy atom. The Bertz CT molecular complexity index is 1650. The fourth-order valence-corrected chi connectivity index (χ4v) is 5.50. The molecule has 0 saturated heterocycles. The molecule has 2 aromatic rings. The van der Waals surface area contributed by atoms with Gasteiger partial charge in [-0.25, -0.2) is 0 Å². The molecule has 1 heterocycles. The summed E-state index contributed by atoms with van der Waals surface area (Å²) in [5.74, 6) is -2.16. The maximum absolute atomic E-state index is 14.3. The maximum Gasteiger partial charge on any atom is 0.248 e. The van der Waals surface area contributed by atoms with Gasteiger partial charge in [0.1, 0.15) is 55.4 Å². The molecular formula is C36H51N9O7. The molecule has 3 rings (SSSR count). The van der Waals surface area contributed by atoms with Gasteiger partial charge in [-0.1, -0.05) is 32.9 Å². The Morgan fingerprint density at radius 1 is 0.962 bits per heavy atom. The number of nitrogens with one attached hydrogen (secondary N) is 4. The van der Waals surface area contributed by atoms with E-state index in [1.807, 2.05) is 6.07 Å². The Balaban J connectivity index is 2.30. The fourth-order valence-electron chi connectivity index (χ4n) is 5.50. The quantitative estimate of drug-likeness (QED) is 0.131. The zero-order valence-electron chi connectivity index (χ0n) is 30.4. The van der Waals surface area contributed by atoms with E-state index in [0.717, 1.165) is 0 Å². The molecule has 0 saturated carbocycles. The molecule has 0 aromatic heterocycles. The van der Waals surface area contributed by atoms with Crippen molar-refractivity contribution >= 4 is 29.5 Å². The van der Waals surface area contributed by atoms with Gasteiger partial charge in [-0.3, -0.25) is 24.0 Å². The molecule has 52 heavy (non-hydrogen) atoms. The summed E-state index contributed by atoms with van der Waals surface area (Å²) in [6, 6.07) is 7.36. The zero-order valence-corrected chi connectivity index (χ0v) is 30.4. The number of benzene rings is 2. The molecular weight excluding hydrogens is 670 g/mol. The Labute approximate surface area is 304 Å². The van der Waals surface area contributed by atoms with Crippen LogP contribution in [-0.2, 0) is 30.4 Å². The summed E-state index contributed by atoms with van der Waals surface area (Å²) in [6.07, 6.45) is 0.119. The molecule has 1 aliphatic heterocycles. The van der Waals surface area contributed by atoms with E-state index in [9.17, 15) is 24.0 Å². The largest absolute Gasteiger partial charge is 0.492 e. The minimum atomic E-state index is -1.33. The number of likely N-dealkylation sites (N-methyl/N-ethyl adjacent to an activating group) is 1. The van der Waals surface area contributed by atoms with Crippen LogP contribution >= 0.6 is 0 Å². The minimum Gasteiger partial charge on any atom is -0.492 e. The average molecular weight is 722 g/mol. The molecule has 0 unspecified atom stereocenters. The van der Waals surface area contributed by atoms with Gasteiger partial charge in [0.2, 0.25) is 29.5 Å². The summed E-state index contributed by atoms with van der Waals surface area (Å²) in [5.41, 5.74) is 18.6. The SMILES string of the molecule is C[C@@H]1NC(=O)[C@@H](N(C)C(=O)[C@H](CCN)NC(=O)C(C)(C)C)c2ccc(OCCN)c(c2)-c2cc(ccc2OCCN)C[C@@H](C(=O)NCC#N)NC1=O. The first kappa shape index (κ1) is 41.2. The summed E-state index contributed by atoms with van der Waals surface area (Å²) in [5, 5.41) is 19.7. The topological polar surface area (TPSA) is 257 Å². The van der Waals surface area contributed by atoms with Crippen LogP contribution in [0, 0.1) is 16.7 Å². The lowest BCUT2D eigenvalue weighted by Gasteiger charge is -2.33. The first-order valence-corrected chi connectivity index (χ1v) is 17.1. The van der Waals surface area contributed by atoms with Gasteiger partial charge in [-0.15, -0.1) is 0 Å². The predicted molar refractivity (Wildman–Crippen MR) is 193 cm³/mol. The number of nitriles is 1. The number of carbonyl (C=O) groups excluding carboxylic acids is 5. The fraction of sp³-hybridized carbons (Fsp3) is 0.500. The van der Waals surface area contributed by atoms with E-state index in [2.05, 4.69) is 21.3 Å². The van der Waals surface area contributed by atoms with E-state index >= 15 is 0 Å². The van der Waals surface area contributed by atoms with E-state index in [-0.39, 0.29) is 58.1 Å². The van der Waals surface area contributed by atoms with Crippen LogP contribution in [0.15, 0.2) is 36.4 Å². The molecule has 1 aliphatic rings. The zero-order chi connectivity index (χ0) is 38.6. The van der Waals surface area contributed by atoms with Crippen LogP contribution in [0.1, 0.15) is 51.3 Å². The van der Waals surface area contributed by atoms with Gasteiger partial charge < -0.3 is 52.8 Å². The smallest absolute Gasteiger partial charge is 0.248 e. The Hall–Kier alpha value is -5.24. The molecule has 4 bridgehead atoms. The summed E-state index contributed by atoms with van der Waals surface area (Å²) >= 11 is 0. The second kappa shape index (κ2) is 18.8. The normalized spacial score (nSPS) is 18.0. The monoisotopic (exact) mass is 721 g/mol. The van der Waals surface area contributed by atoms with E-state index in [1.165, 1.54) is 18.9 Å². The highest BCUT2D eigenvalue weighted by Crippen LogP contribution is 2.40. The van der Waals surface area contributed by atoms with Crippen molar-refractivity contribution < 1.29 is 33.4 Å². The molecule has 4 atom stereocenters. The van der Waals surface area contributed by atoms with Crippen molar-refractivity contribution in [2.75, 3.05) is 46.4 Å². The van der Waals surface area contributed by atoms with E-state index < -0.39 is 53.2 Å². The van der Waals surface area contributed by atoms with Crippen molar-refractivity contribution in [3.05, 3.63) is 47.5 Å². The van der Waals surface area contributed by atoms with Crippen LogP contribution in [0.2, 0.25) is 0 Å². The highest BCUT2D eigenvalue weighted by atomic mass is 16.5. The summed E-state index contributed by atoms with van der Waals surface area (Å²) in [4.78, 5) is 69.2. The van der Waals surface area contributed by atoms with Crippen LogP contribution in [0.3, 0.4) is 0 Å². The number of hydrogen-bond acceptors (Lipinski definition) is 11. The highest BCUT2D eigenvalue weighted by Gasteiger charge is 2.37. The number of ether oxygens (including phenoxy) is 2. The van der Waals surface area contributed by atoms with Crippen molar-refractivity contribution in [1.29, 1.82) is 5.26 Å². The number of amides is 5. The van der Waals surface area contributed by atoms with Gasteiger partial charge in [-0.05, 0) is 55.3 Å². The van der Waals surface area contributed by atoms with Crippen LogP contribution in [0.5, 0.6) is 11.5 Å². The lowest BCUT2D eigenvalue weighted by Crippen LogP contribution is -2.56. The third kappa shape index (κ3) is 10.6. The molecule has 0 aliphatic carbocycles. The van der Waals surface area contributed by atoms with E-state index in [0.29, 0.717) is 33.8 Å². The third-order valence-corrected chi connectivity index (χ3v) is 8.29. The molecule has 0 fully saturated rings. The minimum absolute atomic E-state index is 0.0230. The van der Waals surface area contributed by atoms with E-state index in [4.69, 9.17) is 31.9 Å². The lowest BCUT2D eigenvalue weighted by atomic mass is 9.93. The van der Waals surface area contributed by atoms with Gasteiger partial charge >= 0.3 is 0 Å². The van der Waals surface area contributed by atoms with Crippen molar-refractivity contribution in [2.24, 2.45) is 22.6 Å². The van der Waals surface area contributed by atoms with Crippen molar-refractivity contribution in [3.63, 3.8) is 0 Å². The van der Waals surface area contributed by atoms with Crippen LogP contribution in [-0.4, -0.2) is 99.0 Å². The summed E-state index contributed by atoms with van der Waals surface area (Å²) in [7, 11) is 1.43. The molecule has 16 heteroatoms. The molecule has 16 nitrogen and oxygen atoms in total. The molecule has 5 amide bonds. The molecule has 10 N–H and O–H groups in total. The van der Waals surface area contributed by atoms with Gasteiger partial charge in [0, 0.05) is 43.1 Å². The van der Waals surface area contributed by atoms with Gasteiger partial charge in [0.25, 0.3) is 0 Å². The number of hydrogen-bond donors (Lipinski definition) is 7. The second-order valence-corrected chi connectivity index (χ2v) is 13.4. The van der Waals surface area contributed by atoms with Crippen molar-refractivity contribution in [2.45, 2.75) is 64.7 Å². The molecule has 282 valence electrons. The van der Waals surface area contributed by atoms with Crippen LogP contribution in [0.4, 0.5) is 0 Å². The standard InChI is InChI=1S/C36H51N9O7/c1-21-31(46)43-27(32(47)41-15-12-38)19-22-6-8-28(51-16-13-39)24(18-22)25-20-23(7-9-29(25)52-17-14-40)30(33(48)42-21)45(5)34(49)26(10-11-37)44-35(50)36(2,3)4/h6-9,18,20-21,26-27,30H,10-11,13-17,19,37,39-40H2,1-5H3,(H,41,47)(H,42,48)(H,43,46)(H,44,50)/t21-,26-,27-,30-/m0/s1. The lowest BCUT2D eigenvalue weighted by molar-refractivity contribution is -0.143.